The second kappa shape index (κ2) is 7.04. The minimum Gasteiger partial charge on any atom is -0.508 e. The number of nitrogens with zero attached hydrogens (tertiary/aromatic N) is 2. The van der Waals surface area contributed by atoms with Gasteiger partial charge < -0.3 is 5.11 Å². The van der Waals surface area contributed by atoms with Crippen LogP contribution in [0.3, 0.4) is 0 Å². The van der Waals surface area contributed by atoms with E-state index in [0.717, 1.165) is 29.8 Å². The standard InChI is InChI=1S/C23H22N2O/c1-2-17-8-10-18(11-9-17)22-16-23(19-12-14-21(26)15-13-19)25(24-22)20-6-4-3-5-7-20/h3-15,23,26H,2,16H2,1H3/t23-/m1/s1. The minimum atomic E-state index is 0.124. The van der Waals surface area contributed by atoms with Crippen molar-refractivity contribution in [3.63, 3.8) is 0 Å². The van der Waals surface area contributed by atoms with Gasteiger partial charge in [-0.15, -0.1) is 0 Å². The van der Waals surface area contributed by atoms with Crippen molar-refractivity contribution in [2.24, 2.45) is 5.10 Å². The summed E-state index contributed by atoms with van der Waals surface area (Å²) in [6.45, 7) is 2.17. The Kier molecular flexibility index (Phi) is 4.44. The van der Waals surface area contributed by atoms with Gasteiger partial charge in [0, 0.05) is 6.42 Å². The van der Waals surface area contributed by atoms with E-state index in [4.69, 9.17) is 5.10 Å². The van der Waals surface area contributed by atoms with Gasteiger partial charge in [-0.25, -0.2) is 0 Å². The van der Waals surface area contributed by atoms with Crippen molar-refractivity contribution in [1.82, 2.24) is 0 Å². The highest BCUT2D eigenvalue weighted by molar-refractivity contribution is 6.03. The molecule has 26 heavy (non-hydrogen) atoms. The van der Waals surface area contributed by atoms with Crippen LogP contribution in [0.5, 0.6) is 5.75 Å². The maximum absolute atomic E-state index is 9.62. The van der Waals surface area contributed by atoms with Crippen molar-refractivity contribution in [3.8, 4) is 5.75 Å². The molecule has 1 N–H and O–H groups in total. The molecule has 0 radical (unpaired) electrons. The number of hydrazone groups is 1. The van der Waals surface area contributed by atoms with Crippen molar-refractivity contribution >= 4 is 11.4 Å². The molecule has 0 spiro atoms. The van der Waals surface area contributed by atoms with Gasteiger partial charge in [0.1, 0.15) is 5.75 Å². The van der Waals surface area contributed by atoms with Gasteiger partial charge in [-0.2, -0.15) is 5.10 Å². The van der Waals surface area contributed by atoms with Crippen molar-refractivity contribution in [2.75, 3.05) is 5.01 Å². The van der Waals surface area contributed by atoms with Crippen LogP contribution in [-0.4, -0.2) is 10.8 Å². The molecule has 4 rings (SSSR count). The van der Waals surface area contributed by atoms with Gasteiger partial charge in [0.15, 0.2) is 0 Å². The molecule has 3 aromatic carbocycles. The molecule has 0 aliphatic carbocycles. The van der Waals surface area contributed by atoms with E-state index in [0.29, 0.717) is 0 Å². The Bertz CT molecular complexity index is 899. The molecule has 0 amide bonds. The van der Waals surface area contributed by atoms with Crippen molar-refractivity contribution in [1.29, 1.82) is 0 Å². The molecule has 3 nitrogen and oxygen atoms in total. The number of para-hydroxylation sites is 1. The number of phenolic OH excluding ortho intramolecular Hbond substituents is 1. The number of aryl methyl sites for hydroxylation is 1. The fourth-order valence-electron chi connectivity index (χ4n) is 3.39. The summed E-state index contributed by atoms with van der Waals surface area (Å²) in [7, 11) is 0. The summed E-state index contributed by atoms with van der Waals surface area (Å²) in [6.07, 6.45) is 1.88. The molecule has 1 aliphatic heterocycles. The Morgan fingerprint density at radius 2 is 1.62 bits per heavy atom. The Morgan fingerprint density at radius 1 is 0.923 bits per heavy atom. The first kappa shape index (κ1) is 16.4. The Hall–Kier alpha value is -3.07. The van der Waals surface area contributed by atoms with E-state index < -0.39 is 0 Å². The van der Waals surface area contributed by atoms with Gasteiger partial charge in [0.2, 0.25) is 0 Å². The van der Waals surface area contributed by atoms with E-state index in [-0.39, 0.29) is 11.8 Å². The molecule has 1 aliphatic rings. The summed E-state index contributed by atoms with van der Waals surface area (Å²) >= 11 is 0. The first-order valence-electron chi connectivity index (χ1n) is 9.04. The second-order valence-corrected chi connectivity index (χ2v) is 6.59. The van der Waals surface area contributed by atoms with Crippen LogP contribution in [0.2, 0.25) is 0 Å². The van der Waals surface area contributed by atoms with Crippen molar-refractivity contribution in [3.05, 3.63) is 95.6 Å². The zero-order chi connectivity index (χ0) is 17.9. The van der Waals surface area contributed by atoms with Crippen LogP contribution in [0.1, 0.15) is 36.1 Å². The van der Waals surface area contributed by atoms with E-state index in [1.54, 1.807) is 12.1 Å². The highest BCUT2D eigenvalue weighted by atomic mass is 16.3. The number of benzene rings is 3. The summed E-state index contributed by atoms with van der Waals surface area (Å²) in [4.78, 5) is 0. The molecule has 3 aromatic rings. The van der Waals surface area contributed by atoms with E-state index in [1.807, 2.05) is 30.3 Å². The number of hydrogen-bond donors (Lipinski definition) is 1. The second-order valence-electron chi connectivity index (χ2n) is 6.59. The molecular weight excluding hydrogens is 320 g/mol. The molecular formula is C23H22N2O. The van der Waals surface area contributed by atoms with Gasteiger partial charge in [-0.3, -0.25) is 5.01 Å². The lowest BCUT2D eigenvalue weighted by atomic mass is 9.97. The Balaban J connectivity index is 1.71. The molecule has 3 heteroatoms. The molecule has 1 atom stereocenters. The van der Waals surface area contributed by atoms with Gasteiger partial charge >= 0.3 is 0 Å². The highest BCUT2D eigenvalue weighted by Crippen LogP contribution is 2.37. The number of anilines is 1. The van der Waals surface area contributed by atoms with Crippen LogP contribution in [0.25, 0.3) is 0 Å². The monoisotopic (exact) mass is 342 g/mol. The summed E-state index contributed by atoms with van der Waals surface area (Å²) < 4.78 is 0. The van der Waals surface area contributed by atoms with Gasteiger partial charge in [0.25, 0.3) is 0 Å². The predicted molar refractivity (Wildman–Crippen MR) is 107 cm³/mol. The molecule has 0 fully saturated rings. The lowest BCUT2D eigenvalue weighted by molar-refractivity contribution is 0.475. The summed E-state index contributed by atoms with van der Waals surface area (Å²) in [5.74, 6) is 0.286. The Labute approximate surface area is 154 Å². The largest absolute Gasteiger partial charge is 0.508 e. The molecule has 0 saturated carbocycles. The highest BCUT2D eigenvalue weighted by Gasteiger charge is 2.29. The van der Waals surface area contributed by atoms with E-state index in [9.17, 15) is 5.11 Å². The maximum Gasteiger partial charge on any atom is 0.115 e. The number of aromatic hydroxyl groups is 1. The lowest BCUT2D eigenvalue weighted by Crippen LogP contribution is -2.18. The van der Waals surface area contributed by atoms with E-state index in [2.05, 4.69) is 48.3 Å². The van der Waals surface area contributed by atoms with Crippen LogP contribution in [0.4, 0.5) is 5.69 Å². The molecule has 0 aromatic heterocycles. The summed E-state index contributed by atoms with van der Waals surface area (Å²) in [5, 5.41) is 16.7. The molecule has 1 heterocycles. The zero-order valence-electron chi connectivity index (χ0n) is 14.8. The van der Waals surface area contributed by atoms with Gasteiger partial charge in [-0.05, 0) is 47.4 Å². The van der Waals surface area contributed by atoms with E-state index in [1.165, 1.54) is 11.1 Å². The molecule has 130 valence electrons. The topological polar surface area (TPSA) is 35.8 Å². The Morgan fingerprint density at radius 3 is 2.27 bits per heavy atom. The van der Waals surface area contributed by atoms with Crippen molar-refractivity contribution in [2.45, 2.75) is 25.8 Å². The maximum atomic E-state index is 9.62. The fraction of sp³-hybridized carbons (Fsp3) is 0.174. The first-order valence-corrected chi connectivity index (χ1v) is 9.04. The third-order valence-corrected chi connectivity index (χ3v) is 4.90. The average molecular weight is 342 g/mol. The number of phenols is 1. The van der Waals surface area contributed by atoms with Crippen LogP contribution >= 0.6 is 0 Å². The molecule has 0 bridgehead atoms. The quantitative estimate of drug-likeness (QED) is 0.697. The number of rotatable bonds is 4. The van der Waals surface area contributed by atoms with Gasteiger partial charge in [-0.1, -0.05) is 61.5 Å². The third-order valence-electron chi connectivity index (χ3n) is 4.90. The van der Waals surface area contributed by atoms with Crippen LogP contribution < -0.4 is 5.01 Å². The molecule has 0 saturated heterocycles. The van der Waals surface area contributed by atoms with E-state index >= 15 is 0 Å². The zero-order valence-corrected chi connectivity index (χ0v) is 14.8. The molecule has 0 unspecified atom stereocenters. The minimum absolute atomic E-state index is 0.124. The first-order chi connectivity index (χ1) is 12.7. The summed E-state index contributed by atoms with van der Waals surface area (Å²) in [5.41, 5.74) is 5.82. The predicted octanol–water partition coefficient (Wildman–Crippen LogP) is 5.31. The van der Waals surface area contributed by atoms with Crippen LogP contribution in [0.15, 0.2) is 84.0 Å². The SMILES string of the molecule is CCc1ccc(C2=NN(c3ccccc3)[C@@H](c3ccc(O)cc3)C2)cc1. The normalized spacial score (nSPS) is 16.6. The summed E-state index contributed by atoms with van der Waals surface area (Å²) in [6, 6.07) is 26.5. The third kappa shape index (κ3) is 3.21. The lowest BCUT2D eigenvalue weighted by Gasteiger charge is -2.24. The number of hydrogen-bond acceptors (Lipinski definition) is 3. The van der Waals surface area contributed by atoms with Crippen LogP contribution in [0, 0.1) is 0 Å². The van der Waals surface area contributed by atoms with Crippen LogP contribution in [-0.2, 0) is 6.42 Å². The van der Waals surface area contributed by atoms with Gasteiger partial charge in [0.05, 0.1) is 17.4 Å². The smallest absolute Gasteiger partial charge is 0.115 e. The fourth-order valence-corrected chi connectivity index (χ4v) is 3.39. The average Bonchev–Trinajstić information content (AvgIpc) is 3.15. The van der Waals surface area contributed by atoms with Crippen molar-refractivity contribution < 1.29 is 5.11 Å².